The van der Waals surface area contributed by atoms with E-state index in [1.165, 1.54) is 18.2 Å². The summed E-state index contributed by atoms with van der Waals surface area (Å²) in [6.45, 7) is 2.21. The van der Waals surface area contributed by atoms with E-state index in [1.807, 2.05) is 40.8 Å². The smallest absolute Gasteiger partial charge is 0.253 e. The average Bonchev–Trinajstić information content (AvgIpc) is 3.01. The number of nitrogens with zero attached hydrogens (tertiary/aromatic N) is 3. The summed E-state index contributed by atoms with van der Waals surface area (Å²) in [7, 11) is 1.89. The zero-order valence-corrected chi connectivity index (χ0v) is 14.1. The van der Waals surface area contributed by atoms with Gasteiger partial charge in [0.15, 0.2) is 0 Å². The summed E-state index contributed by atoms with van der Waals surface area (Å²) in [5.41, 5.74) is 4.13. The molecule has 1 aromatic carbocycles. The van der Waals surface area contributed by atoms with Gasteiger partial charge in [-0.15, -0.1) is 0 Å². The SMILES string of the molecule is Cc1ccc(F)nc1-c1ccc2c(c1)N(C)SN2CC1CC1(F)F. The number of anilines is 2. The Labute approximate surface area is 142 Å². The average molecular weight is 351 g/mol. The van der Waals surface area contributed by atoms with Crippen LogP contribution in [0.5, 0.6) is 0 Å². The Morgan fingerprint density at radius 2 is 2.00 bits per heavy atom. The molecule has 0 bridgehead atoms. The molecular weight excluding hydrogens is 335 g/mol. The first-order chi connectivity index (χ1) is 11.3. The van der Waals surface area contributed by atoms with Crippen LogP contribution in [0.2, 0.25) is 0 Å². The van der Waals surface area contributed by atoms with Crippen molar-refractivity contribution in [2.45, 2.75) is 19.3 Å². The summed E-state index contributed by atoms with van der Waals surface area (Å²) in [6, 6.07) is 8.73. The van der Waals surface area contributed by atoms with Crippen LogP contribution in [0.4, 0.5) is 24.5 Å². The van der Waals surface area contributed by atoms with Gasteiger partial charge in [0.25, 0.3) is 5.92 Å². The van der Waals surface area contributed by atoms with Gasteiger partial charge in [-0.05, 0) is 30.7 Å². The third-order valence-corrected chi connectivity index (χ3v) is 5.47. The molecule has 1 atom stereocenters. The number of halogens is 3. The second-order valence-corrected chi connectivity index (χ2v) is 7.46. The fourth-order valence-corrected chi connectivity index (χ4v) is 3.99. The summed E-state index contributed by atoms with van der Waals surface area (Å²) < 4.78 is 43.7. The van der Waals surface area contributed by atoms with E-state index in [9.17, 15) is 13.2 Å². The lowest BCUT2D eigenvalue weighted by molar-refractivity contribution is 0.101. The lowest BCUT2D eigenvalue weighted by Gasteiger charge is -2.16. The molecule has 1 saturated carbocycles. The Kier molecular flexibility index (Phi) is 3.46. The Morgan fingerprint density at radius 1 is 1.25 bits per heavy atom. The van der Waals surface area contributed by atoms with E-state index in [1.54, 1.807) is 6.07 Å². The highest BCUT2D eigenvalue weighted by Gasteiger charge is 2.57. The minimum Gasteiger partial charge on any atom is -0.300 e. The van der Waals surface area contributed by atoms with Crippen molar-refractivity contribution in [3.05, 3.63) is 41.8 Å². The normalized spacial score (nSPS) is 21.1. The number of rotatable bonds is 3. The third-order valence-electron chi connectivity index (χ3n) is 4.48. The number of aryl methyl sites for hydroxylation is 1. The Bertz CT molecular complexity index is 812. The van der Waals surface area contributed by atoms with E-state index in [0.717, 1.165) is 22.5 Å². The molecule has 1 aromatic heterocycles. The van der Waals surface area contributed by atoms with Crippen molar-refractivity contribution in [2.24, 2.45) is 5.92 Å². The van der Waals surface area contributed by atoms with Gasteiger partial charge in [-0.3, -0.25) is 8.61 Å². The first-order valence-electron chi connectivity index (χ1n) is 7.70. The van der Waals surface area contributed by atoms with Crippen LogP contribution in [0.15, 0.2) is 30.3 Å². The van der Waals surface area contributed by atoms with Gasteiger partial charge in [0.1, 0.15) is 0 Å². The number of pyridine rings is 1. The number of benzene rings is 1. The molecule has 0 saturated heterocycles. The minimum absolute atomic E-state index is 0.0341. The molecule has 1 aliphatic heterocycles. The van der Waals surface area contributed by atoms with Crippen LogP contribution in [0.3, 0.4) is 0 Å². The van der Waals surface area contributed by atoms with Gasteiger partial charge in [-0.1, -0.05) is 12.1 Å². The second-order valence-electron chi connectivity index (χ2n) is 6.31. The number of hydrogen-bond acceptors (Lipinski definition) is 4. The maximum absolute atomic E-state index is 13.5. The van der Waals surface area contributed by atoms with Crippen LogP contribution in [0.1, 0.15) is 12.0 Å². The summed E-state index contributed by atoms with van der Waals surface area (Å²) in [5, 5.41) is 0. The molecule has 7 heteroatoms. The minimum atomic E-state index is -2.52. The zero-order valence-electron chi connectivity index (χ0n) is 13.3. The highest BCUT2D eigenvalue weighted by Crippen LogP contribution is 2.53. The van der Waals surface area contributed by atoms with E-state index >= 15 is 0 Å². The van der Waals surface area contributed by atoms with Crippen molar-refractivity contribution in [3.8, 4) is 11.3 Å². The third kappa shape index (κ3) is 2.60. The maximum Gasteiger partial charge on any atom is 0.253 e. The van der Waals surface area contributed by atoms with Gasteiger partial charge in [-0.25, -0.2) is 13.8 Å². The number of alkyl halides is 2. The standard InChI is InChI=1S/C17H16F3N3S/c1-10-3-6-15(18)21-16(10)11-4-5-13-14(7-11)22(2)24-23(13)9-12-8-17(12,19)20/h3-7,12H,8-9H2,1-2H3. The van der Waals surface area contributed by atoms with Crippen molar-refractivity contribution in [1.82, 2.24) is 4.98 Å². The fourth-order valence-electron chi connectivity index (χ4n) is 2.97. The lowest BCUT2D eigenvalue weighted by Crippen LogP contribution is -2.18. The van der Waals surface area contributed by atoms with E-state index < -0.39 is 17.8 Å². The maximum atomic E-state index is 13.5. The molecule has 0 spiro atoms. The molecule has 1 fully saturated rings. The molecule has 0 radical (unpaired) electrons. The van der Waals surface area contributed by atoms with Crippen LogP contribution in [0, 0.1) is 18.8 Å². The summed E-state index contributed by atoms with van der Waals surface area (Å²) in [5.74, 6) is -3.61. The van der Waals surface area contributed by atoms with Crippen LogP contribution in [-0.4, -0.2) is 24.5 Å². The van der Waals surface area contributed by atoms with E-state index in [-0.39, 0.29) is 6.42 Å². The quantitative estimate of drug-likeness (QED) is 0.591. The summed E-state index contributed by atoms with van der Waals surface area (Å²) >= 11 is 1.41. The number of fused-ring (bicyclic) bond motifs is 1. The first kappa shape index (κ1) is 15.6. The summed E-state index contributed by atoms with van der Waals surface area (Å²) in [6.07, 6.45) is -0.0341. The summed E-state index contributed by atoms with van der Waals surface area (Å²) in [4.78, 5) is 3.99. The van der Waals surface area contributed by atoms with Crippen molar-refractivity contribution in [3.63, 3.8) is 0 Å². The molecule has 3 nitrogen and oxygen atoms in total. The Balaban J connectivity index is 1.66. The van der Waals surface area contributed by atoms with E-state index in [4.69, 9.17) is 0 Å². The van der Waals surface area contributed by atoms with Gasteiger partial charge in [0.05, 0.1) is 29.2 Å². The first-order valence-corrected chi connectivity index (χ1v) is 8.43. The lowest BCUT2D eigenvalue weighted by atomic mass is 10.1. The second kappa shape index (κ2) is 5.31. The van der Waals surface area contributed by atoms with Crippen molar-refractivity contribution in [1.29, 1.82) is 0 Å². The van der Waals surface area contributed by atoms with Crippen molar-refractivity contribution < 1.29 is 13.2 Å². The van der Waals surface area contributed by atoms with Gasteiger partial charge in [0.2, 0.25) is 5.95 Å². The monoisotopic (exact) mass is 351 g/mol. The molecule has 2 aliphatic rings. The molecule has 2 aromatic rings. The molecule has 0 N–H and O–H groups in total. The molecule has 0 amide bonds. The number of aromatic nitrogens is 1. The highest BCUT2D eigenvalue weighted by atomic mass is 32.2. The van der Waals surface area contributed by atoms with Gasteiger partial charge < -0.3 is 0 Å². The molecular formula is C17H16F3N3S. The molecule has 1 unspecified atom stereocenters. The zero-order chi connectivity index (χ0) is 17.1. The Hall–Kier alpha value is -1.89. The molecule has 4 rings (SSSR count). The molecule has 1 aliphatic carbocycles. The molecule has 126 valence electrons. The Morgan fingerprint density at radius 3 is 2.71 bits per heavy atom. The molecule has 2 heterocycles. The number of hydrogen-bond donors (Lipinski definition) is 0. The van der Waals surface area contributed by atoms with Gasteiger partial charge in [-0.2, -0.15) is 4.39 Å². The van der Waals surface area contributed by atoms with E-state index in [0.29, 0.717) is 12.2 Å². The predicted molar refractivity (Wildman–Crippen MR) is 90.8 cm³/mol. The van der Waals surface area contributed by atoms with Crippen molar-refractivity contribution in [2.75, 3.05) is 22.2 Å². The fraction of sp³-hybridized carbons (Fsp3) is 0.353. The van der Waals surface area contributed by atoms with Gasteiger partial charge in [0, 0.05) is 31.5 Å². The van der Waals surface area contributed by atoms with Crippen LogP contribution < -0.4 is 8.61 Å². The van der Waals surface area contributed by atoms with Crippen LogP contribution in [-0.2, 0) is 0 Å². The topological polar surface area (TPSA) is 19.4 Å². The highest BCUT2D eigenvalue weighted by molar-refractivity contribution is 8.02. The van der Waals surface area contributed by atoms with E-state index in [2.05, 4.69) is 4.98 Å². The van der Waals surface area contributed by atoms with Crippen LogP contribution in [0.25, 0.3) is 11.3 Å². The van der Waals surface area contributed by atoms with Crippen molar-refractivity contribution >= 4 is 23.5 Å². The molecule has 24 heavy (non-hydrogen) atoms. The largest absolute Gasteiger partial charge is 0.300 e. The predicted octanol–water partition coefficient (Wildman–Crippen LogP) is 4.67. The van der Waals surface area contributed by atoms with Crippen LogP contribution >= 0.6 is 12.1 Å². The van der Waals surface area contributed by atoms with Gasteiger partial charge >= 0.3 is 0 Å².